The summed E-state index contributed by atoms with van der Waals surface area (Å²) >= 11 is 0. The lowest BCUT2D eigenvalue weighted by atomic mass is 10.1. The first kappa shape index (κ1) is 13.2. The van der Waals surface area contributed by atoms with E-state index in [9.17, 15) is 4.39 Å². The molecule has 0 saturated heterocycles. The Kier molecular flexibility index (Phi) is 3.35. The van der Waals surface area contributed by atoms with E-state index in [0.717, 1.165) is 16.7 Å². The topological polar surface area (TPSA) is 69.6 Å². The third-order valence-electron chi connectivity index (χ3n) is 3.24. The molecule has 0 saturated carbocycles. The van der Waals surface area contributed by atoms with Crippen LogP contribution >= 0.6 is 0 Å². The van der Waals surface area contributed by atoms with Crippen molar-refractivity contribution in [3.63, 3.8) is 0 Å². The molecule has 5 nitrogen and oxygen atoms in total. The molecule has 0 amide bonds. The first-order valence-corrected chi connectivity index (χ1v) is 6.50. The number of aryl methyl sites for hydroxylation is 1. The first-order valence-electron chi connectivity index (χ1n) is 6.50. The van der Waals surface area contributed by atoms with E-state index in [1.54, 1.807) is 10.7 Å². The van der Waals surface area contributed by atoms with Gasteiger partial charge in [-0.1, -0.05) is 12.1 Å². The summed E-state index contributed by atoms with van der Waals surface area (Å²) in [6.45, 7) is 2.36. The zero-order chi connectivity index (χ0) is 14.8. The lowest BCUT2D eigenvalue weighted by Gasteiger charge is -2.08. The molecule has 0 radical (unpaired) electrons. The monoisotopic (exact) mass is 283 g/mol. The normalized spacial score (nSPS) is 10.8. The Balaban J connectivity index is 1.97. The molecule has 0 fully saturated rings. The third kappa shape index (κ3) is 2.74. The minimum absolute atomic E-state index is 0.272. The molecule has 21 heavy (non-hydrogen) atoms. The molecule has 1 aromatic heterocycles. The lowest BCUT2D eigenvalue weighted by molar-refractivity contribution is 0.615. The first-order chi connectivity index (χ1) is 10.1. The summed E-state index contributed by atoms with van der Waals surface area (Å²) in [4.78, 5) is 0. The molecule has 0 aliphatic heterocycles. The van der Waals surface area contributed by atoms with Gasteiger partial charge in [0, 0.05) is 11.3 Å². The van der Waals surface area contributed by atoms with E-state index in [-0.39, 0.29) is 5.82 Å². The smallest absolute Gasteiger partial charge is 0.182 e. The molecule has 2 aromatic carbocycles. The van der Waals surface area contributed by atoms with Crippen LogP contribution in [0.1, 0.15) is 11.1 Å². The summed E-state index contributed by atoms with van der Waals surface area (Å²) in [5.41, 5.74) is 9.16. The largest absolute Gasteiger partial charge is 0.399 e. The number of tetrazole rings is 1. The second kappa shape index (κ2) is 5.32. The summed E-state index contributed by atoms with van der Waals surface area (Å²) in [6.07, 6.45) is 0. The van der Waals surface area contributed by atoms with Crippen molar-refractivity contribution in [3.8, 4) is 11.4 Å². The number of anilines is 1. The molecular weight excluding hydrogens is 269 g/mol. The van der Waals surface area contributed by atoms with Crippen molar-refractivity contribution in [2.75, 3.05) is 5.73 Å². The average Bonchev–Trinajstić information content (AvgIpc) is 2.87. The second-order valence-electron chi connectivity index (χ2n) is 4.86. The van der Waals surface area contributed by atoms with Crippen LogP contribution in [-0.2, 0) is 6.54 Å². The highest BCUT2D eigenvalue weighted by molar-refractivity contribution is 5.63. The van der Waals surface area contributed by atoms with Crippen molar-refractivity contribution in [2.45, 2.75) is 13.5 Å². The minimum atomic E-state index is -0.272. The van der Waals surface area contributed by atoms with Crippen LogP contribution < -0.4 is 5.73 Å². The molecule has 0 aliphatic carbocycles. The summed E-state index contributed by atoms with van der Waals surface area (Å²) < 4.78 is 14.9. The number of nitrogens with zero attached hydrogens (tertiary/aromatic N) is 4. The summed E-state index contributed by atoms with van der Waals surface area (Å²) in [5.74, 6) is 0.363. The van der Waals surface area contributed by atoms with E-state index in [1.807, 2.05) is 31.2 Å². The fourth-order valence-electron chi connectivity index (χ4n) is 2.25. The summed E-state index contributed by atoms with van der Waals surface area (Å²) in [7, 11) is 0. The Morgan fingerprint density at radius 1 is 1.19 bits per heavy atom. The minimum Gasteiger partial charge on any atom is -0.399 e. The van der Waals surface area contributed by atoms with Gasteiger partial charge in [-0.15, -0.1) is 5.10 Å². The maximum Gasteiger partial charge on any atom is 0.182 e. The quantitative estimate of drug-likeness (QED) is 0.749. The number of nitrogen functional groups attached to an aromatic ring is 1. The van der Waals surface area contributed by atoms with E-state index < -0.39 is 0 Å². The molecule has 0 bridgehead atoms. The number of halogens is 1. The number of hydrogen-bond donors (Lipinski definition) is 1. The van der Waals surface area contributed by atoms with Gasteiger partial charge in [0.2, 0.25) is 0 Å². The van der Waals surface area contributed by atoms with Gasteiger partial charge >= 0.3 is 0 Å². The Hall–Kier alpha value is -2.76. The van der Waals surface area contributed by atoms with E-state index in [0.29, 0.717) is 18.1 Å². The van der Waals surface area contributed by atoms with Gasteiger partial charge in [0.1, 0.15) is 5.82 Å². The molecule has 1 heterocycles. The zero-order valence-corrected chi connectivity index (χ0v) is 11.5. The molecule has 3 rings (SSSR count). The van der Waals surface area contributed by atoms with Gasteiger partial charge in [0.25, 0.3) is 0 Å². The number of aromatic nitrogens is 4. The Morgan fingerprint density at radius 2 is 2.05 bits per heavy atom. The van der Waals surface area contributed by atoms with Gasteiger partial charge < -0.3 is 5.73 Å². The zero-order valence-electron chi connectivity index (χ0n) is 11.5. The van der Waals surface area contributed by atoms with E-state index in [1.165, 1.54) is 12.1 Å². The Labute approximate surface area is 121 Å². The fraction of sp³-hybridized carbons (Fsp3) is 0.133. The number of hydrogen-bond acceptors (Lipinski definition) is 4. The molecule has 0 aliphatic rings. The highest BCUT2D eigenvalue weighted by Crippen LogP contribution is 2.23. The molecule has 106 valence electrons. The average molecular weight is 283 g/mol. The summed E-state index contributed by atoms with van der Waals surface area (Å²) in [6, 6.07) is 12.0. The molecule has 3 aromatic rings. The lowest BCUT2D eigenvalue weighted by Crippen LogP contribution is -2.05. The van der Waals surface area contributed by atoms with Crippen LogP contribution in [0.5, 0.6) is 0 Å². The van der Waals surface area contributed by atoms with Crippen LogP contribution in [0.15, 0.2) is 42.5 Å². The maximum absolute atomic E-state index is 13.3. The van der Waals surface area contributed by atoms with Gasteiger partial charge in [-0.2, -0.15) is 0 Å². The van der Waals surface area contributed by atoms with Crippen LogP contribution in [0.3, 0.4) is 0 Å². The molecule has 0 atom stereocenters. The molecular formula is C15H14FN5. The van der Waals surface area contributed by atoms with E-state index >= 15 is 0 Å². The van der Waals surface area contributed by atoms with Crippen molar-refractivity contribution >= 4 is 5.69 Å². The molecule has 0 spiro atoms. The Morgan fingerprint density at radius 3 is 2.81 bits per heavy atom. The SMILES string of the molecule is Cc1cc(N)ccc1-c1nnnn1Cc1cccc(F)c1. The van der Waals surface area contributed by atoms with Crippen LogP contribution in [0.4, 0.5) is 10.1 Å². The van der Waals surface area contributed by atoms with Crippen molar-refractivity contribution in [2.24, 2.45) is 0 Å². The summed E-state index contributed by atoms with van der Waals surface area (Å²) in [5, 5.41) is 11.8. The van der Waals surface area contributed by atoms with Crippen LogP contribution in [0.2, 0.25) is 0 Å². The predicted octanol–water partition coefficient (Wildman–Crippen LogP) is 2.42. The van der Waals surface area contributed by atoms with Crippen molar-refractivity contribution in [1.29, 1.82) is 0 Å². The molecule has 2 N–H and O–H groups in total. The van der Waals surface area contributed by atoms with Gasteiger partial charge in [0.05, 0.1) is 6.54 Å². The number of benzene rings is 2. The highest BCUT2D eigenvalue weighted by atomic mass is 19.1. The van der Waals surface area contributed by atoms with Gasteiger partial charge in [-0.05, 0) is 58.8 Å². The maximum atomic E-state index is 13.3. The van der Waals surface area contributed by atoms with Gasteiger partial charge in [0.15, 0.2) is 5.82 Å². The van der Waals surface area contributed by atoms with Gasteiger partial charge in [-0.25, -0.2) is 9.07 Å². The van der Waals surface area contributed by atoms with Crippen molar-refractivity contribution in [1.82, 2.24) is 20.2 Å². The van der Waals surface area contributed by atoms with E-state index in [4.69, 9.17) is 5.73 Å². The van der Waals surface area contributed by atoms with Crippen molar-refractivity contribution in [3.05, 3.63) is 59.4 Å². The standard InChI is InChI=1S/C15H14FN5/c1-10-7-13(17)5-6-14(10)15-18-19-20-21(15)9-11-3-2-4-12(16)8-11/h2-8H,9,17H2,1H3. The predicted molar refractivity (Wildman–Crippen MR) is 77.9 cm³/mol. The number of nitrogens with two attached hydrogens (primary N) is 1. The third-order valence-corrected chi connectivity index (χ3v) is 3.24. The highest BCUT2D eigenvalue weighted by Gasteiger charge is 2.12. The van der Waals surface area contributed by atoms with Crippen molar-refractivity contribution < 1.29 is 4.39 Å². The Bertz CT molecular complexity index is 781. The molecule has 6 heteroatoms. The van der Waals surface area contributed by atoms with Gasteiger partial charge in [-0.3, -0.25) is 0 Å². The van der Waals surface area contributed by atoms with Crippen LogP contribution in [0, 0.1) is 12.7 Å². The second-order valence-corrected chi connectivity index (χ2v) is 4.86. The fourth-order valence-corrected chi connectivity index (χ4v) is 2.25. The van der Waals surface area contributed by atoms with E-state index in [2.05, 4.69) is 15.5 Å². The van der Waals surface area contributed by atoms with Crippen LogP contribution in [0.25, 0.3) is 11.4 Å². The molecule has 0 unspecified atom stereocenters. The number of rotatable bonds is 3. The van der Waals surface area contributed by atoms with Crippen LogP contribution in [-0.4, -0.2) is 20.2 Å².